The summed E-state index contributed by atoms with van der Waals surface area (Å²) in [5.41, 5.74) is 0. The predicted molar refractivity (Wildman–Crippen MR) is 80.1 cm³/mol. The fourth-order valence-corrected chi connectivity index (χ4v) is 2.21. The van der Waals surface area contributed by atoms with Crippen molar-refractivity contribution in [1.29, 1.82) is 0 Å². The summed E-state index contributed by atoms with van der Waals surface area (Å²) in [6, 6.07) is 0. The first-order valence-electron chi connectivity index (χ1n) is 7.97. The SMILES string of the molecule is CCC(=O)O[C@H]1[C@H](OC(=O)CC)[C@H](ON)O[C@@H](C)[C@H]1OC(=O)CC. The molecule has 2 N–H and O–H groups in total. The third-order valence-corrected chi connectivity index (χ3v) is 3.53. The van der Waals surface area contributed by atoms with Crippen LogP contribution in [0.4, 0.5) is 0 Å². The van der Waals surface area contributed by atoms with Gasteiger partial charge in [0.05, 0.1) is 6.10 Å². The number of ether oxygens (including phenoxy) is 4. The highest BCUT2D eigenvalue weighted by Gasteiger charge is 2.51. The highest BCUT2D eigenvalue weighted by atomic mass is 16.8. The second-order valence-electron chi connectivity index (χ2n) is 5.27. The van der Waals surface area contributed by atoms with Crippen molar-refractivity contribution >= 4 is 17.9 Å². The molecule has 0 amide bonds. The Labute approximate surface area is 140 Å². The zero-order valence-electron chi connectivity index (χ0n) is 14.4. The van der Waals surface area contributed by atoms with Crippen molar-refractivity contribution in [3.63, 3.8) is 0 Å². The third kappa shape index (κ3) is 5.15. The molecule has 1 aliphatic rings. The second kappa shape index (κ2) is 9.55. The average molecular weight is 347 g/mol. The van der Waals surface area contributed by atoms with Crippen molar-refractivity contribution in [2.75, 3.05) is 0 Å². The Morgan fingerprint density at radius 3 is 1.67 bits per heavy atom. The molecule has 1 heterocycles. The van der Waals surface area contributed by atoms with Crippen LogP contribution in [-0.4, -0.2) is 48.6 Å². The summed E-state index contributed by atoms with van der Waals surface area (Å²) in [7, 11) is 0. The van der Waals surface area contributed by atoms with Crippen LogP contribution >= 0.6 is 0 Å². The van der Waals surface area contributed by atoms with Gasteiger partial charge in [-0.25, -0.2) is 5.90 Å². The van der Waals surface area contributed by atoms with E-state index in [0.29, 0.717) is 0 Å². The largest absolute Gasteiger partial charge is 0.455 e. The maximum Gasteiger partial charge on any atom is 0.306 e. The monoisotopic (exact) mass is 347 g/mol. The minimum absolute atomic E-state index is 0.0944. The summed E-state index contributed by atoms with van der Waals surface area (Å²) in [5.74, 6) is 3.61. The predicted octanol–water partition coefficient (Wildman–Crippen LogP) is 0.587. The molecular weight excluding hydrogens is 322 g/mol. The molecule has 0 aromatic rings. The van der Waals surface area contributed by atoms with E-state index >= 15 is 0 Å². The lowest BCUT2D eigenvalue weighted by Crippen LogP contribution is -2.61. The number of carbonyl (C=O) groups is 3. The van der Waals surface area contributed by atoms with E-state index in [9.17, 15) is 14.4 Å². The van der Waals surface area contributed by atoms with Crippen molar-refractivity contribution in [1.82, 2.24) is 0 Å². The molecule has 1 aliphatic heterocycles. The number of hydrogen-bond acceptors (Lipinski definition) is 9. The molecule has 0 radical (unpaired) electrons. The van der Waals surface area contributed by atoms with Gasteiger partial charge in [-0.3, -0.25) is 19.2 Å². The van der Waals surface area contributed by atoms with E-state index in [1.165, 1.54) is 0 Å². The lowest BCUT2D eigenvalue weighted by Gasteiger charge is -2.42. The normalized spacial score (nSPS) is 29.6. The molecule has 138 valence electrons. The van der Waals surface area contributed by atoms with Crippen molar-refractivity contribution in [2.24, 2.45) is 5.90 Å². The van der Waals surface area contributed by atoms with E-state index < -0.39 is 48.6 Å². The second-order valence-corrected chi connectivity index (χ2v) is 5.27. The Bertz CT molecular complexity index is 455. The zero-order chi connectivity index (χ0) is 18.3. The van der Waals surface area contributed by atoms with Crippen LogP contribution in [0.3, 0.4) is 0 Å². The van der Waals surface area contributed by atoms with Gasteiger partial charge in [0.15, 0.2) is 18.3 Å². The van der Waals surface area contributed by atoms with E-state index in [-0.39, 0.29) is 19.3 Å². The maximum atomic E-state index is 11.8. The Hall–Kier alpha value is -1.71. The quantitative estimate of drug-likeness (QED) is 0.400. The Balaban J connectivity index is 3.11. The van der Waals surface area contributed by atoms with Gasteiger partial charge < -0.3 is 18.9 Å². The molecule has 0 unspecified atom stereocenters. The number of esters is 3. The van der Waals surface area contributed by atoms with Gasteiger partial charge in [-0.1, -0.05) is 20.8 Å². The minimum atomic E-state index is -1.15. The smallest absolute Gasteiger partial charge is 0.306 e. The summed E-state index contributed by atoms with van der Waals surface area (Å²) >= 11 is 0. The van der Waals surface area contributed by atoms with Gasteiger partial charge >= 0.3 is 17.9 Å². The zero-order valence-corrected chi connectivity index (χ0v) is 14.4. The summed E-state index contributed by atoms with van der Waals surface area (Å²) in [6.07, 6.45) is -4.69. The number of nitrogens with two attached hydrogens (primary N) is 1. The Morgan fingerprint density at radius 1 is 0.833 bits per heavy atom. The molecule has 0 aliphatic carbocycles. The standard InChI is InChI=1S/C15H25NO8/c1-5-9(17)21-12-8(4)20-15(24-16)14(23-11(19)7-3)13(12)22-10(18)6-2/h8,12-15H,5-7,16H2,1-4H3/t8-,12+,13+,14-,15-/m0/s1. The van der Waals surface area contributed by atoms with Crippen molar-refractivity contribution < 1.29 is 38.2 Å². The first-order valence-corrected chi connectivity index (χ1v) is 7.97. The van der Waals surface area contributed by atoms with E-state index in [2.05, 4.69) is 0 Å². The lowest BCUT2D eigenvalue weighted by molar-refractivity contribution is -0.303. The van der Waals surface area contributed by atoms with E-state index in [0.717, 1.165) is 0 Å². The van der Waals surface area contributed by atoms with Crippen LogP contribution in [0.5, 0.6) is 0 Å². The molecule has 1 rings (SSSR count). The third-order valence-electron chi connectivity index (χ3n) is 3.53. The maximum absolute atomic E-state index is 11.8. The van der Waals surface area contributed by atoms with Crippen molar-refractivity contribution in [3.05, 3.63) is 0 Å². The van der Waals surface area contributed by atoms with E-state index in [4.69, 9.17) is 29.7 Å². The number of carbonyl (C=O) groups excluding carboxylic acids is 3. The fraction of sp³-hybridized carbons (Fsp3) is 0.800. The molecule has 0 saturated carbocycles. The molecule has 1 fully saturated rings. The Kier molecular flexibility index (Phi) is 8.09. The molecular formula is C15H25NO8. The lowest BCUT2D eigenvalue weighted by atomic mass is 9.99. The number of rotatable bonds is 7. The molecule has 0 spiro atoms. The fourth-order valence-electron chi connectivity index (χ4n) is 2.21. The summed E-state index contributed by atoms with van der Waals surface area (Å²) in [5, 5.41) is 0. The van der Waals surface area contributed by atoms with Gasteiger partial charge in [0.1, 0.15) is 0 Å². The molecule has 0 aromatic carbocycles. The van der Waals surface area contributed by atoms with Crippen molar-refractivity contribution in [2.45, 2.75) is 77.7 Å². The van der Waals surface area contributed by atoms with Crippen LogP contribution in [0.25, 0.3) is 0 Å². The van der Waals surface area contributed by atoms with Gasteiger partial charge in [-0.15, -0.1) is 0 Å². The molecule has 0 bridgehead atoms. The molecule has 1 saturated heterocycles. The van der Waals surface area contributed by atoms with Crippen LogP contribution in [0.2, 0.25) is 0 Å². The topological polar surface area (TPSA) is 123 Å². The van der Waals surface area contributed by atoms with E-state index in [1.807, 2.05) is 0 Å². The highest BCUT2D eigenvalue weighted by Crippen LogP contribution is 2.29. The van der Waals surface area contributed by atoms with Crippen LogP contribution in [0.15, 0.2) is 0 Å². The molecule has 0 aromatic heterocycles. The molecule has 9 nitrogen and oxygen atoms in total. The highest BCUT2D eigenvalue weighted by molar-refractivity contribution is 5.71. The van der Waals surface area contributed by atoms with Crippen molar-refractivity contribution in [3.8, 4) is 0 Å². The Morgan fingerprint density at radius 2 is 1.25 bits per heavy atom. The van der Waals surface area contributed by atoms with Gasteiger partial charge in [0, 0.05) is 19.3 Å². The summed E-state index contributed by atoms with van der Waals surface area (Å²) < 4.78 is 21.4. The number of hydrogen-bond donors (Lipinski definition) is 1. The molecule has 9 heteroatoms. The van der Waals surface area contributed by atoms with Gasteiger partial charge in [0.2, 0.25) is 6.29 Å². The van der Waals surface area contributed by atoms with Crippen LogP contribution in [-0.2, 0) is 38.2 Å². The first-order chi connectivity index (χ1) is 11.4. The van der Waals surface area contributed by atoms with Crippen LogP contribution in [0, 0.1) is 0 Å². The summed E-state index contributed by atoms with van der Waals surface area (Å²) in [6.45, 7) is 6.46. The van der Waals surface area contributed by atoms with E-state index in [1.54, 1.807) is 27.7 Å². The van der Waals surface area contributed by atoms with Crippen LogP contribution < -0.4 is 5.90 Å². The summed E-state index contributed by atoms with van der Waals surface area (Å²) in [4.78, 5) is 39.8. The van der Waals surface area contributed by atoms with Crippen LogP contribution in [0.1, 0.15) is 47.0 Å². The first kappa shape index (κ1) is 20.3. The average Bonchev–Trinajstić information content (AvgIpc) is 2.58. The van der Waals surface area contributed by atoms with Gasteiger partial charge in [0.25, 0.3) is 0 Å². The molecule has 24 heavy (non-hydrogen) atoms. The van der Waals surface area contributed by atoms with Gasteiger partial charge in [-0.05, 0) is 6.92 Å². The van der Waals surface area contributed by atoms with Gasteiger partial charge in [-0.2, -0.15) is 0 Å². The molecule has 5 atom stereocenters. The minimum Gasteiger partial charge on any atom is -0.455 e.